The molecule has 0 aliphatic carbocycles. The van der Waals surface area contributed by atoms with Crippen LogP contribution in [-0.4, -0.2) is 76.1 Å². The predicted molar refractivity (Wildman–Crippen MR) is 135 cm³/mol. The number of amides is 6. The van der Waals surface area contributed by atoms with E-state index in [4.69, 9.17) is 4.74 Å². The molecule has 0 atom stereocenters. The number of carbonyl (C=O) groups is 5. The van der Waals surface area contributed by atoms with Crippen molar-refractivity contribution in [3.05, 3.63) is 45.8 Å². The summed E-state index contributed by atoms with van der Waals surface area (Å²) in [7, 11) is 1.53. The van der Waals surface area contributed by atoms with Gasteiger partial charge in [-0.25, -0.2) is 0 Å². The average Bonchev–Trinajstić information content (AvgIpc) is 2.85. The van der Waals surface area contributed by atoms with Gasteiger partial charge in [0.15, 0.2) is 6.03 Å². The van der Waals surface area contributed by atoms with Crippen molar-refractivity contribution in [2.45, 2.75) is 39.0 Å². The maximum absolute atomic E-state index is 12.0. The fourth-order valence-electron chi connectivity index (χ4n) is 2.72. The first-order valence-corrected chi connectivity index (χ1v) is 11.9. The van der Waals surface area contributed by atoms with Gasteiger partial charge >= 0.3 is 175 Å². The van der Waals surface area contributed by atoms with Gasteiger partial charge in [-0.15, -0.1) is 12.2 Å². The smallest absolute Gasteiger partial charge is 0.651 e. The van der Waals surface area contributed by atoms with E-state index in [2.05, 4.69) is 31.9 Å². The van der Waals surface area contributed by atoms with Crippen LogP contribution in [0.4, 0.5) is 10.5 Å². The molecule has 0 aliphatic rings. The SMILES string of the molecule is CCCNC(=O)[N-]CCCOCC[N-]C(=O)CC(=O)[N-]c1ccc(CC(=O)NCCC(=O)NC)cc1.[Rb+].[Rb+].[Rb+]. The predicted octanol–water partition coefficient (Wildman–Crippen LogP) is -6.78. The molecule has 1 aromatic carbocycles. The number of ether oxygens (including phenoxy) is 1. The van der Waals surface area contributed by atoms with Crippen molar-refractivity contribution in [3.8, 4) is 0 Å². The molecule has 6 amide bonds. The molecule has 200 valence electrons. The second-order valence-electron chi connectivity index (χ2n) is 7.65. The van der Waals surface area contributed by atoms with Crippen molar-refractivity contribution >= 4 is 35.3 Å². The fraction of sp³-hybridized carbons (Fsp3) is 0.542. The summed E-state index contributed by atoms with van der Waals surface area (Å²) in [6.45, 7) is 3.89. The largest absolute Gasteiger partial charge is 1.00 e. The minimum atomic E-state index is -0.618. The zero-order chi connectivity index (χ0) is 26.6. The number of nitrogens with one attached hydrogen (secondary N) is 3. The van der Waals surface area contributed by atoms with Gasteiger partial charge in [0.05, 0.1) is 18.2 Å². The summed E-state index contributed by atoms with van der Waals surface area (Å²) in [5.41, 5.74) is 1.09. The summed E-state index contributed by atoms with van der Waals surface area (Å²) in [4.78, 5) is 58.2. The number of urea groups is 1. The van der Waals surface area contributed by atoms with E-state index in [-0.39, 0.29) is 225 Å². The first-order valence-electron chi connectivity index (χ1n) is 11.9. The summed E-state index contributed by atoms with van der Waals surface area (Å²) < 4.78 is 5.33. The van der Waals surface area contributed by atoms with E-state index >= 15 is 0 Å². The number of hydrogen-bond donors (Lipinski definition) is 3. The summed E-state index contributed by atoms with van der Waals surface area (Å²) in [6, 6.07) is 6.17. The summed E-state index contributed by atoms with van der Waals surface area (Å²) in [5, 5.41) is 19.2. The third kappa shape index (κ3) is 25.9. The van der Waals surface area contributed by atoms with Gasteiger partial charge in [-0.2, -0.15) is 0 Å². The third-order valence-electron chi connectivity index (χ3n) is 4.56. The Hall–Kier alpha value is 1.75. The summed E-state index contributed by atoms with van der Waals surface area (Å²) >= 11 is 0. The normalized spacial score (nSPS) is 9.38. The molecule has 0 saturated heterocycles. The van der Waals surface area contributed by atoms with E-state index in [1.54, 1.807) is 24.3 Å². The average molecular weight is 760 g/mol. The Bertz CT molecular complexity index is 861. The zero-order valence-electron chi connectivity index (χ0n) is 23.9. The third-order valence-corrected chi connectivity index (χ3v) is 4.56. The monoisotopic (exact) mass is 758 g/mol. The minimum Gasteiger partial charge on any atom is -0.651 e. The van der Waals surface area contributed by atoms with Gasteiger partial charge in [-0.3, -0.25) is 14.4 Å². The molecule has 0 aliphatic heterocycles. The van der Waals surface area contributed by atoms with Gasteiger partial charge < -0.3 is 46.2 Å². The van der Waals surface area contributed by atoms with E-state index in [1.165, 1.54) is 7.05 Å². The van der Waals surface area contributed by atoms with Crippen LogP contribution in [0.15, 0.2) is 24.3 Å². The van der Waals surface area contributed by atoms with Gasteiger partial charge in [0, 0.05) is 39.6 Å². The maximum atomic E-state index is 12.0. The molecule has 0 spiro atoms. The van der Waals surface area contributed by atoms with E-state index in [0.717, 1.165) is 12.0 Å². The Morgan fingerprint density at radius 3 is 2.15 bits per heavy atom. The van der Waals surface area contributed by atoms with E-state index in [9.17, 15) is 24.0 Å². The number of benzene rings is 1. The first-order chi connectivity index (χ1) is 17.3. The Labute approximate surface area is 377 Å². The summed E-state index contributed by atoms with van der Waals surface area (Å²) in [5.74, 6) is -1.58. The van der Waals surface area contributed by atoms with Crippen LogP contribution in [0, 0.1) is 0 Å². The van der Waals surface area contributed by atoms with Crippen LogP contribution in [0.3, 0.4) is 0 Å². The maximum Gasteiger partial charge on any atom is 1.00 e. The Kier molecular flexibility index (Phi) is 34.5. The molecule has 3 N–H and O–H groups in total. The molecule has 15 heteroatoms. The molecule has 0 unspecified atom stereocenters. The van der Waals surface area contributed by atoms with Crippen molar-refractivity contribution < 1.29 is 203 Å². The number of rotatable bonds is 17. The fourth-order valence-corrected chi connectivity index (χ4v) is 2.72. The molecule has 12 nitrogen and oxygen atoms in total. The van der Waals surface area contributed by atoms with Gasteiger partial charge in [-0.1, -0.05) is 44.2 Å². The Morgan fingerprint density at radius 1 is 0.821 bits per heavy atom. The van der Waals surface area contributed by atoms with E-state index < -0.39 is 18.2 Å². The topological polar surface area (TPSA) is 173 Å². The molecule has 1 aromatic rings. The second-order valence-corrected chi connectivity index (χ2v) is 7.65. The molecule has 0 heterocycles. The minimum absolute atomic E-state index is 0. The molecule has 39 heavy (non-hydrogen) atoms. The van der Waals surface area contributed by atoms with Crippen LogP contribution in [0.25, 0.3) is 16.0 Å². The molecular formula is C24H35N6O6Rb3. The van der Waals surface area contributed by atoms with Crippen LogP contribution < -0.4 is 191 Å². The standard InChI is InChI=1S/C24H38N6O6.3Rb/c1-3-10-28-24(35)29-11-4-14-36-15-13-27-22(33)17-23(34)30-19-7-5-18(6-8-19)16-21(32)26-12-9-20(31)25-2;;;/h5-8H,3-4,9-17H2,1-2H3,(H6,25,26,27,28,29,30,31,32,33,34,35);;;/q;3*+1/p-3. The Balaban J connectivity index is -0.00000432. The van der Waals surface area contributed by atoms with Crippen molar-refractivity contribution in [1.29, 1.82) is 0 Å². The molecule has 0 radical (unpaired) electrons. The van der Waals surface area contributed by atoms with Crippen LogP contribution in [0.5, 0.6) is 0 Å². The van der Waals surface area contributed by atoms with Crippen molar-refractivity contribution in [1.82, 2.24) is 16.0 Å². The van der Waals surface area contributed by atoms with Gasteiger partial charge in [0.1, 0.15) is 0 Å². The second kappa shape index (κ2) is 29.8. The van der Waals surface area contributed by atoms with Gasteiger partial charge in [0.2, 0.25) is 11.8 Å². The molecule has 0 fully saturated rings. The summed E-state index contributed by atoms with van der Waals surface area (Å²) in [6.07, 6.45) is 1.32. The van der Waals surface area contributed by atoms with Gasteiger partial charge in [-0.05, 0) is 18.5 Å². The number of nitrogens with zero attached hydrogens (tertiary/aromatic N) is 3. The van der Waals surface area contributed by atoms with Crippen LogP contribution >= 0.6 is 0 Å². The quantitative estimate of drug-likeness (QED) is 0.105. The van der Waals surface area contributed by atoms with Crippen molar-refractivity contribution in [2.24, 2.45) is 0 Å². The molecule has 0 saturated carbocycles. The van der Waals surface area contributed by atoms with E-state index in [1.807, 2.05) is 6.92 Å². The van der Waals surface area contributed by atoms with Gasteiger partial charge in [0.25, 0.3) is 0 Å². The number of carbonyl (C=O) groups excluding carboxylic acids is 5. The molecule has 0 bridgehead atoms. The molecule has 0 aromatic heterocycles. The Morgan fingerprint density at radius 2 is 1.51 bits per heavy atom. The van der Waals surface area contributed by atoms with Crippen LogP contribution in [-0.2, 0) is 30.3 Å². The van der Waals surface area contributed by atoms with E-state index in [0.29, 0.717) is 31.8 Å². The van der Waals surface area contributed by atoms with Crippen LogP contribution in [0.2, 0.25) is 0 Å². The first kappa shape index (κ1) is 45.2. The van der Waals surface area contributed by atoms with Crippen molar-refractivity contribution in [3.63, 3.8) is 0 Å². The number of hydrogen-bond acceptors (Lipinski definition) is 6. The van der Waals surface area contributed by atoms with Crippen molar-refractivity contribution in [2.75, 3.05) is 46.4 Å². The zero-order valence-corrected chi connectivity index (χ0v) is 38.6. The molecular weight excluding hydrogens is 725 g/mol. The van der Waals surface area contributed by atoms with Crippen LogP contribution in [0.1, 0.15) is 38.2 Å². The molecule has 1 rings (SSSR count).